The van der Waals surface area contributed by atoms with Crippen molar-refractivity contribution in [2.75, 3.05) is 6.54 Å². The minimum Gasteiger partial charge on any atom is -0.350 e. The summed E-state index contributed by atoms with van der Waals surface area (Å²) >= 11 is 0. The normalized spacial score (nSPS) is 11.4. The summed E-state index contributed by atoms with van der Waals surface area (Å²) < 4.78 is 33.3. The summed E-state index contributed by atoms with van der Waals surface area (Å²) in [4.78, 5) is 12.8. The second kappa shape index (κ2) is 8.25. The molecule has 166 valence electrons. The quantitative estimate of drug-likeness (QED) is 0.421. The van der Waals surface area contributed by atoms with E-state index in [0.717, 1.165) is 17.5 Å². The van der Waals surface area contributed by atoms with E-state index in [-0.39, 0.29) is 18.2 Å². The van der Waals surface area contributed by atoms with E-state index in [0.29, 0.717) is 40.9 Å². The van der Waals surface area contributed by atoms with Crippen LogP contribution in [0.25, 0.3) is 38.9 Å². The van der Waals surface area contributed by atoms with Crippen LogP contribution in [-0.2, 0) is 13.6 Å². The van der Waals surface area contributed by atoms with Crippen LogP contribution in [0, 0.1) is 11.6 Å². The standard InChI is InChI=1S/C22H20F2N6O.ClH/c1-28-11-17(15-9-13(23)3-5-18(15)28)21-26-27-22(31)30(21)20-12-29(8-2-7-25)19-6-4-14(24)10-16(19)20;/h3-6,9-12H,2,7-8,25H2,1H3,(H,27,31);1H. The van der Waals surface area contributed by atoms with Gasteiger partial charge in [0.05, 0.1) is 11.2 Å². The molecule has 32 heavy (non-hydrogen) atoms. The van der Waals surface area contributed by atoms with Gasteiger partial charge in [0.25, 0.3) is 0 Å². The van der Waals surface area contributed by atoms with Crippen molar-refractivity contribution in [2.24, 2.45) is 12.8 Å². The first-order valence-electron chi connectivity index (χ1n) is 9.89. The zero-order valence-electron chi connectivity index (χ0n) is 17.2. The fourth-order valence-electron chi connectivity index (χ4n) is 4.12. The summed E-state index contributed by atoms with van der Waals surface area (Å²) in [6, 6.07) is 8.95. The lowest BCUT2D eigenvalue weighted by molar-refractivity contribution is 0.628. The molecule has 5 rings (SSSR count). The Balaban J connectivity index is 0.00000245. The van der Waals surface area contributed by atoms with Gasteiger partial charge in [0, 0.05) is 47.8 Å². The highest BCUT2D eigenvalue weighted by molar-refractivity contribution is 5.96. The highest BCUT2D eigenvalue weighted by atomic mass is 35.5. The van der Waals surface area contributed by atoms with Crippen molar-refractivity contribution in [3.8, 4) is 17.1 Å². The van der Waals surface area contributed by atoms with Crippen LogP contribution in [-0.4, -0.2) is 30.4 Å². The molecule has 0 amide bonds. The Hall–Kier alpha value is -3.43. The number of hydrogen-bond donors (Lipinski definition) is 2. The minimum atomic E-state index is -0.467. The highest BCUT2D eigenvalue weighted by Crippen LogP contribution is 2.32. The van der Waals surface area contributed by atoms with Crippen molar-refractivity contribution < 1.29 is 8.78 Å². The first-order valence-corrected chi connectivity index (χ1v) is 9.89. The first-order chi connectivity index (χ1) is 15.0. The number of H-pyrrole nitrogens is 1. The summed E-state index contributed by atoms with van der Waals surface area (Å²) in [5.41, 5.74) is 7.87. The molecule has 7 nitrogen and oxygen atoms in total. The third kappa shape index (κ3) is 3.39. The lowest BCUT2D eigenvalue weighted by Crippen LogP contribution is -2.15. The number of fused-ring (bicyclic) bond motifs is 2. The van der Waals surface area contributed by atoms with Crippen molar-refractivity contribution >= 4 is 34.2 Å². The van der Waals surface area contributed by atoms with E-state index >= 15 is 0 Å². The van der Waals surface area contributed by atoms with Crippen molar-refractivity contribution in [3.05, 3.63) is 70.9 Å². The fourth-order valence-corrected chi connectivity index (χ4v) is 4.12. The Morgan fingerprint density at radius 1 is 1.03 bits per heavy atom. The molecule has 0 unspecified atom stereocenters. The van der Waals surface area contributed by atoms with E-state index in [2.05, 4.69) is 10.2 Å². The topological polar surface area (TPSA) is 86.6 Å². The molecule has 0 aliphatic heterocycles. The van der Waals surface area contributed by atoms with Crippen LogP contribution in [0.3, 0.4) is 0 Å². The average Bonchev–Trinajstić information content (AvgIpc) is 3.39. The van der Waals surface area contributed by atoms with E-state index in [4.69, 9.17) is 5.73 Å². The van der Waals surface area contributed by atoms with Crippen molar-refractivity contribution in [3.63, 3.8) is 0 Å². The smallest absolute Gasteiger partial charge is 0.348 e. The predicted octanol–water partition coefficient (Wildman–Crippen LogP) is 3.72. The molecule has 10 heteroatoms. The number of hydrogen-bond acceptors (Lipinski definition) is 3. The van der Waals surface area contributed by atoms with Gasteiger partial charge in [-0.05, 0) is 49.4 Å². The van der Waals surface area contributed by atoms with Crippen molar-refractivity contribution in [1.82, 2.24) is 23.9 Å². The highest BCUT2D eigenvalue weighted by Gasteiger charge is 2.21. The second-order valence-corrected chi connectivity index (χ2v) is 7.51. The van der Waals surface area contributed by atoms with Crippen molar-refractivity contribution in [1.29, 1.82) is 0 Å². The van der Waals surface area contributed by atoms with Crippen LogP contribution < -0.4 is 11.4 Å². The summed E-state index contributed by atoms with van der Waals surface area (Å²) in [5, 5.41) is 7.91. The van der Waals surface area contributed by atoms with Crippen LogP contribution in [0.15, 0.2) is 53.6 Å². The molecule has 3 heterocycles. The number of halogens is 3. The minimum absolute atomic E-state index is 0. The molecule has 0 bridgehead atoms. The number of aromatic amines is 1. The Labute approximate surface area is 187 Å². The number of aryl methyl sites for hydroxylation is 2. The first kappa shape index (κ1) is 21.8. The van der Waals surface area contributed by atoms with E-state index in [9.17, 15) is 13.6 Å². The maximum atomic E-state index is 14.1. The van der Waals surface area contributed by atoms with Gasteiger partial charge in [-0.2, -0.15) is 5.10 Å². The molecule has 2 aromatic carbocycles. The van der Waals surface area contributed by atoms with Crippen LogP contribution >= 0.6 is 12.4 Å². The lowest BCUT2D eigenvalue weighted by Gasteiger charge is -2.04. The van der Waals surface area contributed by atoms with Crippen LogP contribution in [0.1, 0.15) is 6.42 Å². The Morgan fingerprint density at radius 2 is 1.72 bits per heavy atom. The number of nitrogens with one attached hydrogen (secondary N) is 1. The zero-order valence-corrected chi connectivity index (χ0v) is 18.0. The zero-order chi connectivity index (χ0) is 21.7. The van der Waals surface area contributed by atoms with E-state index in [1.807, 2.05) is 16.2 Å². The summed E-state index contributed by atoms with van der Waals surface area (Å²) in [6.45, 7) is 1.13. The molecular formula is C22H21ClF2N6O. The van der Waals surface area contributed by atoms with Gasteiger partial charge in [0.15, 0.2) is 5.82 Å². The SMILES string of the molecule is Cl.Cn1cc(-c2n[nH]c(=O)n2-c2cn(CCCN)c3ccc(F)cc23)c2cc(F)ccc21. The Morgan fingerprint density at radius 3 is 2.44 bits per heavy atom. The van der Waals surface area contributed by atoms with Gasteiger partial charge >= 0.3 is 5.69 Å². The Kier molecular flexibility index (Phi) is 5.62. The summed E-state index contributed by atoms with van der Waals surface area (Å²) in [6.07, 6.45) is 4.33. The molecule has 0 aliphatic rings. The molecule has 0 saturated carbocycles. The number of nitrogens with zero attached hydrogens (tertiary/aromatic N) is 4. The van der Waals surface area contributed by atoms with Crippen LogP contribution in [0.2, 0.25) is 0 Å². The third-order valence-corrected chi connectivity index (χ3v) is 5.53. The van der Waals surface area contributed by atoms with Crippen molar-refractivity contribution in [2.45, 2.75) is 13.0 Å². The van der Waals surface area contributed by atoms with Gasteiger partial charge in [-0.3, -0.25) is 0 Å². The van der Waals surface area contributed by atoms with E-state index in [1.54, 1.807) is 24.5 Å². The van der Waals surface area contributed by atoms with E-state index in [1.165, 1.54) is 28.8 Å². The lowest BCUT2D eigenvalue weighted by atomic mass is 10.1. The van der Waals surface area contributed by atoms with Gasteiger partial charge in [-0.1, -0.05) is 0 Å². The maximum Gasteiger partial charge on any atom is 0.348 e. The Bertz CT molecular complexity index is 1500. The molecule has 3 aromatic heterocycles. The maximum absolute atomic E-state index is 14.1. The van der Waals surface area contributed by atoms with Gasteiger partial charge in [0.2, 0.25) is 0 Å². The molecule has 3 N–H and O–H groups in total. The number of nitrogens with two attached hydrogens (primary N) is 1. The number of aromatic nitrogens is 5. The van der Waals surface area contributed by atoms with Gasteiger partial charge in [-0.25, -0.2) is 23.2 Å². The van der Waals surface area contributed by atoms with Gasteiger partial charge < -0.3 is 14.9 Å². The molecule has 0 spiro atoms. The van der Waals surface area contributed by atoms with Crippen LogP contribution in [0.5, 0.6) is 0 Å². The molecule has 0 fully saturated rings. The largest absolute Gasteiger partial charge is 0.350 e. The third-order valence-electron chi connectivity index (χ3n) is 5.53. The molecular weight excluding hydrogens is 438 g/mol. The second-order valence-electron chi connectivity index (χ2n) is 7.51. The van der Waals surface area contributed by atoms with E-state index < -0.39 is 11.5 Å². The number of benzene rings is 2. The fraction of sp³-hybridized carbons (Fsp3) is 0.182. The average molecular weight is 459 g/mol. The summed E-state index contributed by atoms with van der Waals surface area (Å²) in [5.74, 6) is -0.469. The monoisotopic (exact) mass is 458 g/mol. The molecule has 0 atom stereocenters. The molecule has 0 radical (unpaired) electrons. The van der Waals surface area contributed by atoms with Crippen LogP contribution in [0.4, 0.5) is 8.78 Å². The molecule has 0 saturated heterocycles. The van der Waals surface area contributed by atoms with Gasteiger partial charge in [-0.15, -0.1) is 12.4 Å². The summed E-state index contributed by atoms with van der Waals surface area (Å²) in [7, 11) is 1.84. The van der Waals surface area contributed by atoms with Gasteiger partial charge in [0.1, 0.15) is 11.6 Å². The predicted molar refractivity (Wildman–Crippen MR) is 122 cm³/mol. The molecule has 0 aliphatic carbocycles. The molecule has 5 aromatic rings. The number of rotatable bonds is 5.